The second kappa shape index (κ2) is 6.46. The Balaban J connectivity index is 1.50. The first-order chi connectivity index (χ1) is 14.8. The number of furan rings is 1. The minimum atomic E-state index is -0.401. The van der Waals surface area contributed by atoms with Gasteiger partial charge >= 0.3 is 7.12 Å². The van der Waals surface area contributed by atoms with E-state index in [0.717, 1.165) is 32.8 Å². The maximum Gasteiger partial charge on any atom is 0.495 e. The van der Waals surface area contributed by atoms with Crippen LogP contribution in [0.25, 0.3) is 43.0 Å². The normalized spacial score (nSPS) is 17.9. The highest BCUT2D eigenvalue weighted by molar-refractivity contribution is 7.17. The minimum absolute atomic E-state index is 0.373. The van der Waals surface area contributed by atoms with E-state index in [1.165, 1.54) is 15.6 Å². The van der Waals surface area contributed by atoms with Crippen LogP contribution in [0.2, 0.25) is 0 Å². The van der Waals surface area contributed by atoms with Crippen molar-refractivity contribution in [2.45, 2.75) is 38.9 Å². The van der Waals surface area contributed by atoms with Crippen LogP contribution < -0.4 is 5.46 Å². The van der Waals surface area contributed by atoms with E-state index in [1.54, 1.807) is 11.3 Å². The van der Waals surface area contributed by atoms with Crippen molar-refractivity contribution in [1.82, 2.24) is 0 Å². The molecule has 3 aromatic carbocycles. The molecule has 3 nitrogen and oxygen atoms in total. The molecule has 0 amide bonds. The topological polar surface area (TPSA) is 31.6 Å². The molecular weight excluding hydrogens is 403 g/mol. The molecule has 0 unspecified atom stereocenters. The van der Waals surface area contributed by atoms with Crippen molar-refractivity contribution < 1.29 is 13.7 Å². The van der Waals surface area contributed by atoms with Crippen molar-refractivity contribution in [3.63, 3.8) is 0 Å². The van der Waals surface area contributed by atoms with Gasteiger partial charge in [0, 0.05) is 21.0 Å². The Kier molecular flexibility index (Phi) is 3.98. The second-order valence-corrected chi connectivity index (χ2v) is 10.2. The molecule has 0 bridgehead atoms. The predicted molar refractivity (Wildman–Crippen MR) is 130 cm³/mol. The monoisotopic (exact) mass is 426 g/mol. The van der Waals surface area contributed by atoms with Gasteiger partial charge in [-0.1, -0.05) is 30.3 Å². The summed E-state index contributed by atoms with van der Waals surface area (Å²) in [5, 5.41) is 6.69. The average molecular weight is 426 g/mol. The van der Waals surface area contributed by atoms with Crippen LogP contribution in [0.5, 0.6) is 0 Å². The van der Waals surface area contributed by atoms with Crippen LogP contribution in [0.15, 0.2) is 70.7 Å². The van der Waals surface area contributed by atoms with Gasteiger partial charge in [-0.3, -0.25) is 0 Å². The minimum Gasteiger partial charge on any atom is -0.463 e. The van der Waals surface area contributed by atoms with Gasteiger partial charge in [0.25, 0.3) is 0 Å². The maximum absolute atomic E-state index is 6.33. The first-order valence-corrected chi connectivity index (χ1v) is 11.5. The van der Waals surface area contributed by atoms with Crippen LogP contribution in [-0.4, -0.2) is 18.3 Å². The maximum atomic E-state index is 6.33. The van der Waals surface area contributed by atoms with Gasteiger partial charge in [-0.25, -0.2) is 0 Å². The van der Waals surface area contributed by atoms with E-state index in [-0.39, 0.29) is 11.2 Å². The van der Waals surface area contributed by atoms with Gasteiger partial charge in [0.1, 0.15) is 5.58 Å². The average Bonchev–Trinajstić information content (AvgIpc) is 3.42. The van der Waals surface area contributed by atoms with Gasteiger partial charge in [-0.15, -0.1) is 11.3 Å². The molecule has 1 aliphatic heterocycles. The molecule has 1 saturated heterocycles. The summed E-state index contributed by atoms with van der Waals surface area (Å²) in [6.45, 7) is 8.33. The van der Waals surface area contributed by atoms with Gasteiger partial charge in [0.2, 0.25) is 0 Å². The van der Waals surface area contributed by atoms with E-state index in [9.17, 15) is 0 Å². The number of rotatable bonds is 2. The molecule has 0 N–H and O–H groups in total. The molecule has 0 saturated carbocycles. The third-order valence-corrected chi connectivity index (χ3v) is 7.80. The SMILES string of the molecule is CC1(C)OB(c2cccc3c2ccc2c(-c4ccc5sccc5c4)coc23)OC1(C)C. The third kappa shape index (κ3) is 2.81. The van der Waals surface area contributed by atoms with Crippen LogP contribution in [0.3, 0.4) is 0 Å². The number of hydrogen-bond donors (Lipinski definition) is 0. The number of benzene rings is 3. The zero-order chi connectivity index (χ0) is 21.4. The highest BCUT2D eigenvalue weighted by atomic mass is 32.1. The Morgan fingerprint density at radius 3 is 2.39 bits per heavy atom. The Bertz CT molecular complexity index is 1440. The lowest BCUT2D eigenvalue weighted by molar-refractivity contribution is 0.00578. The van der Waals surface area contributed by atoms with E-state index < -0.39 is 7.12 Å². The number of thiophene rings is 1. The highest BCUT2D eigenvalue weighted by Gasteiger charge is 2.52. The lowest BCUT2D eigenvalue weighted by Gasteiger charge is -2.32. The fraction of sp³-hybridized carbons (Fsp3) is 0.231. The van der Waals surface area contributed by atoms with E-state index in [2.05, 4.69) is 87.7 Å². The summed E-state index contributed by atoms with van der Waals surface area (Å²) in [5.41, 5.74) is 3.48. The first kappa shape index (κ1) is 19.1. The van der Waals surface area contributed by atoms with Crippen molar-refractivity contribution >= 4 is 55.7 Å². The lowest BCUT2D eigenvalue weighted by atomic mass is 9.76. The quantitative estimate of drug-likeness (QED) is 0.292. The number of fused-ring (bicyclic) bond motifs is 4. The largest absolute Gasteiger partial charge is 0.495 e. The molecule has 2 aromatic heterocycles. The molecule has 5 heteroatoms. The summed E-state index contributed by atoms with van der Waals surface area (Å²) >= 11 is 1.76. The number of hydrogen-bond acceptors (Lipinski definition) is 4. The Morgan fingerprint density at radius 2 is 1.58 bits per heavy atom. The van der Waals surface area contributed by atoms with Crippen LogP contribution in [0, 0.1) is 0 Å². The summed E-state index contributed by atoms with van der Waals surface area (Å²) in [5.74, 6) is 0. The smallest absolute Gasteiger partial charge is 0.463 e. The molecule has 0 spiro atoms. The van der Waals surface area contributed by atoms with Gasteiger partial charge in [-0.2, -0.15) is 0 Å². The third-order valence-electron chi connectivity index (χ3n) is 6.90. The van der Waals surface area contributed by atoms with Crippen LogP contribution in [-0.2, 0) is 9.31 Å². The molecule has 1 aliphatic rings. The molecule has 0 atom stereocenters. The molecular formula is C26H23BO3S. The van der Waals surface area contributed by atoms with E-state index in [4.69, 9.17) is 13.7 Å². The summed E-state index contributed by atoms with van der Waals surface area (Å²) in [4.78, 5) is 0. The molecule has 0 radical (unpaired) electrons. The highest BCUT2D eigenvalue weighted by Crippen LogP contribution is 2.39. The van der Waals surface area contributed by atoms with E-state index in [0.29, 0.717) is 0 Å². The Labute approximate surface area is 185 Å². The molecule has 3 heterocycles. The fourth-order valence-electron chi connectivity index (χ4n) is 4.41. The van der Waals surface area contributed by atoms with Crippen molar-refractivity contribution in [3.8, 4) is 11.1 Å². The van der Waals surface area contributed by atoms with Gasteiger partial charge in [-0.05, 0) is 79.1 Å². The van der Waals surface area contributed by atoms with Crippen LogP contribution >= 0.6 is 11.3 Å². The van der Waals surface area contributed by atoms with Crippen LogP contribution in [0.1, 0.15) is 27.7 Å². The molecule has 5 aromatic rings. The zero-order valence-corrected chi connectivity index (χ0v) is 18.9. The van der Waals surface area contributed by atoms with Crippen LogP contribution in [0.4, 0.5) is 0 Å². The fourth-order valence-corrected chi connectivity index (χ4v) is 5.18. The summed E-state index contributed by atoms with van der Waals surface area (Å²) in [6.07, 6.45) is 1.87. The van der Waals surface area contributed by atoms with Gasteiger partial charge < -0.3 is 13.7 Å². The first-order valence-electron chi connectivity index (χ1n) is 10.6. The predicted octanol–water partition coefficient (Wildman–Crippen LogP) is 6.77. The van der Waals surface area contributed by atoms with E-state index >= 15 is 0 Å². The zero-order valence-electron chi connectivity index (χ0n) is 18.1. The summed E-state index contributed by atoms with van der Waals surface area (Å²) < 4.78 is 20.1. The van der Waals surface area contributed by atoms with Gasteiger partial charge in [0.15, 0.2) is 0 Å². The Morgan fingerprint density at radius 1 is 0.806 bits per heavy atom. The van der Waals surface area contributed by atoms with Crippen molar-refractivity contribution in [3.05, 3.63) is 66.2 Å². The van der Waals surface area contributed by atoms with Crippen molar-refractivity contribution in [2.24, 2.45) is 0 Å². The van der Waals surface area contributed by atoms with Crippen molar-refractivity contribution in [1.29, 1.82) is 0 Å². The summed E-state index contributed by atoms with van der Waals surface area (Å²) in [7, 11) is -0.401. The lowest BCUT2D eigenvalue weighted by Crippen LogP contribution is -2.41. The molecule has 6 rings (SSSR count). The summed E-state index contributed by atoms with van der Waals surface area (Å²) in [6, 6.07) is 19.3. The molecule has 0 aliphatic carbocycles. The second-order valence-electron chi connectivity index (χ2n) is 9.30. The van der Waals surface area contributed by atoms with Crippen molar-refractivity contribution in [2.75, 3.05) is 0 Å². The molecule has 31 heavy (non-hydrogen) atoms. The van der Waals surface area contributed by atoms with Gasteiger partial charge in [0.05, 0.1) is 17.5 Å². The molecule has 1 fully saturated rings. The standard InChI is InChI=1S/C26H23BO3S/c1-25(2)26(3,4)30-27(29-25)22-7-5-6-19-18(22)9-10-20-21(15-28-24(19)20)16-8-11-23-17(14-16)12-13-31-23/h5-15H,1-4H3. The van der Waals surface area contributed by atoms with E-state index in [1.807, 2.05) is 6.26 Å². The Hall–Kier alpha value is -2.60. The molecule has 154 valence electrons.